The molecule has 0 spiro atoms. The summed E-state index contributed by atoms with van der Waals surface area (Å²) in [6, 6.07) is 5.19. The average molecular weight is 331 g/mol. The molecule has 0 saturated carbocycles. The Bertz CT molecular complexity index is 431. The topological polar surface area (TPSA) is 102 Å². The van der Waals surface area contributed by atoms with Gasteiger partial charge >= 0.3 is 0 Å². The van der Waals surface area contributed by atoms with Crippen LogP contribution in [0.3, 0.4) is 0 Å². The quantitative estimate of drug-likeness (QED) is 0.635. The maximum Gasteiger partial charge on any atom is 0.220 e. The van der Waals surface area contributed by atoms with E-state index in [-0.39, 0.29) is 13.0 Å². The van der Waals surface area contributed by atoms with E-state index in [0.29, 0.717) is 17.0 Å². The van der Waals surface area contributed by atoms with Crippen molar-refractivity contribution in [1.29, 1.82) is 5.26 Å². The van der Waals surface area contributed by atoms with E-state index < -0.39 is 5.91 Å². The van der Waals surface area contributed by atoms with Gasteiger partial charge in [-0.05, 0) is 34.7 Å². The number of primary amides is 1. The first-order valence-corrected chi connectivity index (χ1v) is 5.52. The van der Waals surface area contributed by atoms with Crippen LogP contribution in [0.25, 0.3) is 0 Å². The summed E-state index contributed by atoms with van der Waals surface area (Å²) in [5.41, 5.74) is 11.6. The highest BCUT2D eigenvalue weighted by molar-refractivity contribution is 14.1. The van der Waals surface area contributed by atoms with Crippen molar-refractivity contribution in [3.63, 3.8) is 0 Å². The van der Waals surface area contributed by atoms with Gasteiger partial charge in [-0.2, -0.15) is 5.26 Å². The van der Waals surface area contributed by atoms with Crippen molar-refractivity contribution in [1.82, 2.24) is 0 Å². The van der Waals surface area contributed by atoms with Gasteiger partial charge < -0.3 is 16.2 Å². The van der Waals surface area contributed by atoms with E-state index in [1.807, 2.05) is 28.7 Å². The number of amides is 1. The van der Waals surface area contributed by atoms with E-state index >= 15 is 0 Å². The zero-order valence-electron chi connectivity index (χ0n) is 8.37. The van der Waals surface area contributed by atoms with Crippen LogP contribution >= 0.6 is 22.6 Å². The van der Waals surface area contributed by atoms with E-state index in [1.54, 1.807) is 6.07 Å². The molecule has 0 fully saturated rings. The second-order valence-electron chi connectivity index (χ2n) is 3.05. The summed E-state index contributed by atoms with van der Waals surface area (Å²) in [7, 11) is 0. The summed E-state index contributed by atoms with van der Waals surface area (Å²) in [5, 5.41) is 8.72. The van der Waals surface area contributed by atoms with E-state index in [2.05, 4.69) is 0 Å². The summed E-state index contributed by atoms with van der Waals surface area (Å²) in [5.74, 6) is 0.0584. The van der Waals surface area contributed by atoms with Gasteiger partial charge in [0.1, 0.15) is 0 Å². The molecule has 0 atom stereocenters. The summed E-state index contributed by atoms with van der Waals surface area (Å²) in [6.07, 6.45) is 0.134. The second kappa shape index (κ2) is 5.55. The SMILES string of the molecule is N#Cc1cc(N)c(OCCC(N)=O)c(I)c1. The van der Waals surface area contributed by atoms with E-state index in [0.717, 1.165) is 3.57 Å². The Morgan fingerprint density at radius 3 is 2.75 bits per heavy atom. The number of rotatable bonds is 4. The average Bonchev–Trinajstić information content (AvgIpc) is 2.21. The van der Waals surface area contributed by atoms with Crippen molar-refractivity contribution in [2.75, 3.05) is 12.3 Å². The number of nitriles is 1. The molecule has 0 aliphatic rings. The number of nitrogens with zero attached hydrogens (tertiary/aromatic N) is 1. The van der Waals surface area contributed by atoms with Crippen molar-refractivity contribution in [3.05, 3.63) is 21.3 Å². The third-order valence-electron chi connectivity index (χ3n) is 1.80. The van der Waals surface area contributed by atoms with Crippen LogP contribution in [0.15, 0.2) is 12.1 Å². The van der Waals surface area contributed by atoms with E-state index in [9.17, 15) is 4.79 Å². The van der Waals surface area contributed by atoms with Gasteiger partial charge in [-0.25, -0.2) is 0 Å². The predicted octanol–water partition coefficient (Wildman–Crippen LogP) is 0.999. The monoisotopic (exact) mass is 331 g/mol. The van der Waals surface area contributed by atoms with Gasteiger partial charge in [0.25, 0.3) is 0 Å². The van der Waals surface area contributed by atoms with Gasteiger partial charge in [-0.3, -0.25) is 4.79 Å². The molecular weight excluding hydrogens is 321 g/mol. The fourth-order valence-corrected chi connectivity index (χ4v) is 1.89. The molecular formula is C10H10IN3O2. The van der Waals surface area contributed by atoms with Crippen LogP contribution < -0.4 is 16.2 Å². The van der Waals surface area contributed by atoms with Gasteiger partial charge in [0.05, 0.1) is 33.9 Å². The second-order valence-corrected chi connectivity index (χ2v) is 4.22. The van der Waals surface area contributed by atoms with Gasteiger partial charge in [-0.15, -0.1) is 0 Å². The number of hydrogen-bond acceptors (Lipinski definition) is 4. The number of anilines is 1. The lowest BCUT2D eigenvalue weighted by Gasteiger charge is -2.10. The molecule has 0 aliphatic heterocycles. The predicted molar refractivity (Wildman–Crippen MR) is 67.6 cm³/mol. The Kier molecular flexibility index (Phi) is 4.37. The third kappa shape index (κ3) is 3.27. The molecule has 0 unspecified atom stereocenters. The van der Waals surface area contributed by atoms with Crippen LogP contribution in [0.5, 0.6) is 5.75 Å². The Hall–Kier alpha value is -1.49. The van der Waals surface area contributed by atoms with Crippen LogP contribution in [0, 0.1) is 14.9 Å². The fraction of sp³-hybridized carbons (Fsp3) is 0.200. The zero-order valence-corrected chi connectivity index (χ0v) is 10.5. The van der Waals surface area contributed by atoms with Gasteiger partial charge in [0, 0.05) is 0 Å². The number of benzene rings is 1. The molecule has 0 radical (unpaired) electrons. The Morgan fingerprint density at radius 2 is 2.25 bits per heavy atom. The van der Waals surface area contributed by atoms with E-state index in [1.165, 1.54) is 6.07 Å². The molecule has 4 N–H and O–H groups in total. The fourth-order valence-electron chi connectivity index (χ4n) is 1.09. The van der Waals surface area contributed by atoms with Gasteiger partial charge in [0.2, 0.25) is 5.91 Å². The summed E-state index contributed by atoms with van der Waals surface area (Å²) in [6.45, 7) is 0.182. The molecule has 6 heteroatoms. The van der Waals surface area contributed by atoms with Crippen LogP contribution in [0.2, 0.25) is 0 Å². The molecule has 0 heterocycles. The molecule has 5 nitrogen and oxygen atoms in total. The number of nitrogens with two attached hydrogens (primary N) is 2. The van der Waals surface area contributed by atoms with Crippen LogP contribution in [0.4, 0.5) is 5.69 Å². The Morgan fingerprint density at radius 1 is 1.56 bits per heavy atom. The lowest BCUT2D eigenvalue weighted by atomic mass is 10.2. The van der Waals surface area contributed by atoms with Crippen molar-refractivity contribution >= 4 is 34.2 Å². The number of carbonyl (C=O) groups is 1. The zero-order chi connectivity index (χ0) is 12.1. The number of hydrogen-bond donors (Lipinski definition) is 2. The molecule has 1 amide bonds. The summed E-state index contributed by atoms with van der Waals surface area (Å²) >= 11 is 2.02. The Labute approximate surface area is 107 Å². The van der Waals surface area contributed by atoms with Crippen molar-refractivity contribution in [2.45, 2.75) is 6.42 Å². The maximum atomic E-state index is 10.5. The molecule has 0 bridgehead atoms. The van der Waals surface area contributed by atoms with Gasteiger partial charge in [0.15, 0.2) is 5.75 Å². The van der Waals surface area contributed by atoms with Gasteiger partial charge in [-0.1, -0.05) is 0 Å². The highest BCUT2D eigenvalue weighted by Gasteiger charge is 2.08. The minimum Gasteiger partial charge on any atom is -0.490 e. The van der Waals surface area contributed by atoms with Crippen LogP contribution in [0.1, 0.15) is 12.0 Å². The number of ether oxygens (including phenoxy) is 1. The van der Waals surface area contributed by atoms with Crippen LogP contribution in [-0.2, 0) is 4.79 Å². The number of nitrogen functional groups attached to an aromatic ring is 1. The number of carbonyl (C=O) groups excluding carboxylic acids is 1. The minimum atomic E-state index is -0.428. The minimum absolute atomic E-state index is 0.134. The summed E-state index contributed by atoms with van der Waals surface area (Å²) in [4.78, 5) is 10.5. The molecule has 16 heavy (non-hydrogen) atoms. The lowest BCUT2D eigenvalue weighted by Crippen LogP contribution is -2.15. The highest BCUT2D eigenvalue weighted by atomic mass is 127. The molecule has 1 aromatic rings. The molecule has 0 saturated heterocycles. The first kappa shape index (κ1) is 12.6. The maximum absolute atomic E-state index is 10.5. The first-order chi connectivity index (χ1) is 7.54. The number of halogens is 1. The Balaban J connectivity index is 2.81. The lowest BCUT2D eigenvalue weighted by molar-refractivity contribution is -0.118. The smallest absolute Gasteiger partial charge is 0.220 e. The molecule has 84 valence electrons. The van der Waals surface area contributed by atoms with Crippen molar-refractivity contribution in [3.8, 4) is 11.8 Å². The summed E-state index contributed by atoms with van der Waals surface area (Å²) < 4.78 is 6.07. The van der Waals surface area contributed by atoms with Crippen molar-refractivity contribution in [2.24, 2.45) is 5.73 Å². The molecule has 1 rings (SSSR count). The first-order valence-electron chi connectivity index (χ1n) is 4.45. The third-order valence-corrected chi connectivity index (χ3v) is 2.60. The molecule has 0 aliphatic carbocycles. The highest BCUT2D eigenvalue weighted by Crippen LogP contribution is 2.29. The molecule has 0 aromatic heterocycles. The van der Waals surface area contributed by atoms with E-state index in [4.69, 9.17) is 21.5 Å². The van der Waals surface area contributed by atoms with Crippen molar-refractivity contribution < 1.29 is 9.53 Å². The molecule has 1 aromatic carbocycles. The van der Waals surface area contributed by atoms with Crippen LogP contribution in [-0.4, -0.2) is 12.5 Å². The largest absolute Gasteiger partial charge is 0.490 e. The standard InChI is InChI=1S/C10H10IN3O2/c11-7-3-6(5-12)4-8(13)10(7)16-2-1-9(14)15/h3-4H,1-2,13H2,(H2,14,15). The normalized spacial score (nSPS) is 9.50.